The molecule has 1 atom stereocenters. The number of fused-ring (bicyclic) bond motifs is 2. The van der Waals surface area contributed by atoms with Crippen LogP contribution in [0.3, 0.4) is 0 Å². The van der Waals surface area contributed by atoms with E-state index in [1.807, 2.05) is 12.1 Å². The first kappa shape index (κ1) is 18.9. The highest BCUT2D eigenvalue weighted by Gasteiger charge is 2.30. The second-order valence-electron chi connectivity index (χ2n) is 8.02. The van der Waals surface area contributed by atoms with Gasteiger partial charge in [0, 0.05) is 19.5 Å². The maximum Gasteiger partial charge on any atom is 0.307 e. The number of benzene rings is 2. The molecule has 0 radical (unpaired) electrons. The van der Waals surface area contributed by atoms with Crippen LogP contribution in [-0.4, -0.2) is 41.4 Å². The number of aliphatic carboxylic acids is 1. The van der Waals surface area contributed by atoms with Crippen molar-refractivity contribution in [1.82, 2.24) is 4.90 Å². The molecule has 4 nitrogen and oxygen atoms in total. The van der Waals surface area contributed by atoms with Crippen LogP contribution in [0.1, 0.15) is 47.4 Å². The second kappa shape index (κ2) is 8.27. The molecule has 0 unspecified atom stereocenters. The lowest BCUT2D eigenvalue weighted by molar-refractivity contribution is -0.143. The average molecular weight is 377 g/mol. The monoisotopic (exact) mass is 377 g/mol. The molecule has 28 heavy (non-hydrogen) atoms. The van der Waals surface area contributed by atoms with Gasteiger partial charge < -0.3 is 10.0 Å². The number of hydrogen-bond donors (Lipinski definition) is 1. The normalized spacial score (nSPS) is 20.1. The van der Waals surface area contributed by atoms with Gasteiger partial charge in [0.1, 0.15) is 5.78 Å². The predicted molar refractivity (Wildman–Crippen MR) is 109 cm³/mol. The largest absolute Gasteiger partial charge is 0.481 e. The zero-order chi connectivity index (χ0) is 19.5. The summed E-state index contributed by atoms with van der Waals surface area (Å²) in [5.41, 5.74) is 4.81. The van der Waals surface area contributed by atoms with Gasteiger partial charge in [-0.15, -0.1) is 0 Å². The number of carbonyl (C=O) groups is 2. The average Bonchev–Trinajstić information content (AvgIpc) is 2.89. The van der Waals surface area contributed by atoms with Crippen LogP contribution in [0.15, 0.2) is 48.5 Å². The third-order valence-corrected chi connectivity index (χ3v) is 6.25. The highest BCUT2D eigenvalue weighted by molar-refractivity contribution is 5.90. The molecule has 4 heteroatoms. The number of Topliss-reactive ketones (excluding diaryl/α,β-unsaturated/α-hetero) is 1. The molecule has 0 amide bonds. The summed E-state index contributed by atoms with van der Waals surface area (Å²) in [6.07, 6.45) is 4.01. The minimum atomic E-state index is -0.720. The van der Waals surface area contributed by atoms with Gasteiger partial charge in [-0.05, 0) is 54.5 Å². The molecule has 4 rings (SSSR count). The van der Waals surface area contributed by atoms with Crippen molar-refractivity contribution in [3.8, 4) is 0 Å². The standard InChI is InChI=1S/C24H27NO3/c26-22(13-15-25-14-5-8-19(16-25)24(27)28)23-20-9-3-1-6-17(20)11-12-18-7-2-4-10-21(18)23/h1-4,6-7,9-10,19,23H,5,8,11-16H2,(H,27,28)/t19-/m1/s1. The van der Waals surface area contributed by atoms with E-state index in [-0.39, 0.29) is 17.6 Å². The van der Waals surface area contributed by atoms with Gasteiger partial charge in [0.2, 0.25) is 0 Å². The van der Waals surface area contributed by atoms with Crippen molar-refractivity contribution >= 4 is 11.8 Å². The summed E-state index contributed by atoms with van der Waals surface area (Å²) in [7, 11) is 0. The lowest BCUT2D eigenvalue weighted by atomic mass is 9.83. The van der Waals surface area contributed by atoms with E-state index in [0.717, 1.165) is 43.4 Å². The van der Waals surface area contributed by atoms with Crippen molar-refractivity contribution in [2.24, 2.45) is 5.92 Å². The summed E-state index contributed by atoms with van der Waals surface area (Å²) in [5, 5.41) is 9.29. The molecule has 2 aromatic carbocycles. The SMILES string of the molecule is O=C(CCN1CCC[C@@H](C(=O)O)C1)C1c2ccccc2CCc2ccccc21. The number of aryl methyl sites for hydroxylation is 2. The zero-order valence-corrected chi connectivity index (χ0v) is 16.1. The number of carboxylic acids is 1. The van der Waals surface area contributed by atoms with E-state index in [2.05, 4.69) is 41.3 Å². The number of hydrogen-bond acceptors (Lipinski definition) is 3. The number of carboxylic acid groups (broad SMARTS) is 1. The van der Waals surface area contributed by atoms with Crippen molar-refractivity contribution < 1.29 is 14.7 Å². The summed E-state index contributed by atoms with van der Waals surface area (Å²) < 4.78 is 0. The van der Waals surface area contributed by atoms with Gasteiger partial charge in [-0.1, -0.05) is 48.5 Å². The molecule has 2 aromatic rings. The predicted octanol–water partition coefficient (Wildman–Crippen LogP) is 3.67. The van der Waals surface area contributed by atoms with Crippen LogP contribution in [-0.2, 0) is 22.4 Å². The van der Waals surface area contributed by atoms with Gasteiger partial charge in [0.15, 0.2) is 0 Å². The number of nitrogens with zero attached hydrogens (tertiary/aromatic N) is 1. The Morgan fingerprint density at radius 1 is 0.964 bits per heavy atom. The molecule has 1 saturated heterocycles. The second-order valence-corrected chi connectivity index (χ2v) is 8.02. The van der Waals surface area contributed by atoms with E-state index < -0.39 is 5.97 Å². The fourth-order valence-corrected chi connectivity index (χ4v) is 4.74. The Morgan fingerprint density at radius 3 is 2.18 bits per heavy atom. The van der Waals surface area contributed by atoms with E-state index in [9.17, 15) is 14.7 Å². The molecule has 1 aliphatic heterocycles. The Balaban J connectivity index is 1.54. The maximum atomic E-state index is 13.4. The van der Waals surface area contributed by atoms with Gasteiger partial charge in [-0.2, -0.15) is 0 Å². The van der Waals surface area contributed by atoms with E-state index in [4.69, 9.17) is 0 Å². The highest BCUT2D eigenvalue weighted by Crippen LogP contribution is 2.35. The smallest absolute Gasteiger partial charge is 0.307 e. The van der Waals surface area contributed by atoms with E-state index in [1.165, 1.54) is 11.1 Å². The number of likely N-dealkylation sites (tertiary alicyclic amines) is 1. The first-order chi connectivity index (χ1) is 13.6. The molecular weight excluding hydrogens is 350 g/mol. The van der Waals surface area contributed by atoms with Crippen molar-refractivity contribution in [1.29, 1.82) is 0 Å². The molecule has 146 valence electrons. The summed E-state index contributed by atoms with van der Waals surface area (Å²) in [6, 6.07) is 16.6. The molecule has 0 bridgehead atoms. The maximum absolute atomic E-state index is 13.4. The first-order valence-corrected chi connectivity index (χ1v) is 10.3. The molecule has 2 aliphatic rings. The number of ketones is 1. The van der Waals surface area contributed by atoms with Crippen molar-refractivity contribution in [3.63, 3.8) is 0 Å². The van der Waals surface area contributed by atoms with Gasteiger partial charge in [0.05, 0.1) is 11.8 Å². The van der Waals surface area contributed by atoms with Crippen LogP contribution in [0.4, 0.5) is 0 Å². The molecule has 0 spiro atoms. The Bertz CT molecular complexity index is 828. The van der Waals surface area contributed by atoms with Crippen LogP contribution in [0.5, 0.6) is 0 Å². The highest BCUT2D eigenvalue weighted by atomic mass is 16.4. The Morgan fingerprint density at radius 2 is 1.57 bits per heavy atom. The molecule has 1 fully saturated rings. The van der Waals surface area contributed by atoms with Gasteiger partial charge in [-0.25, -0.2) is 0 Å². The Labute approximate surface area is 166 Å². The fraction of sp³-hybridized carbons (Fsp3) is 0.417. The van der Waals surface area contributed by atoms with E-state index in [1.54, 1.807) is 0 Å². The Hall–Kier alpha value is -2.46. The van der Waals surface area contributed by atoms with Gasteiger partial charge in [-0.3, -0.25) is 9.59 Å². The van der Waals surface area contributed by atoms with Crippen LogP contribution >= 0.6 is 0 Å². The lowest BCUT2D eigenvalue weighted by Gasteiger charge is -2.30. The van der Waals surface area contributed by atoms with Crippen molar-refractivity contribution in [2.75, 3.05) is 19.6 Å². The summed E-state index contributed by atoms with van der Waals surface area (Å²) >= 11 is 0. The molecule has 1 N–H and O–H groups in total. The van der Waals surface area contributed by atoms with Crippen LogP contribution < -0.4 is 0 Å². The van der Waals surface area contributed by atoms with E-state index in [0.29, 0.717) is 19.5 Å². The minimum absolute atomic E-state index is 0.213. The topological polar surface area (TPSA) is 57.6 Å². The quantitative estimate of drug-likeness (QED) is 0.864. The third-order valence-electron chi connectivity index (χ3n) is 6.25. The minimum Gasteiger partial charge on any atom is -0.481 e. The fourth-order valence-electron chi connectivity index (χ4n) is 4.74. The molecule has 1 aliphatic carbocycles. The zero-order valence-electron chi connectivity index (χ0n) is 16.1. The van der Waals surface area contributed by atoms with Crippen LogP contribution in [0.2, 0.25) is 0 Å². The van der Waals surface area contributed by atoms with Gasteiger partial charge in [0.25, 0.3) is 0 Å². The van der Waals surface area contributed by atoms with Gasteiger partial charge >= 0.3 is 5.97 Å². The number of carbonyl (C=O) groups excluding carboxylic acids is 1. The van der Waals surface area contributed by atoms with Crippen LogP contribution in [0.25, 0.3) is 0 Å². The van der Waals surface area contributed by atoms with Crippen molar-refractivity contribution in [3.05, 3.63) is 70.8 Å². The summed E-state index contributed by atoms with van der Waals surface area (Å²) in [6.45, 7) is 2.08. The molecule has 1 heterocycles. The Kier molecular flexibility index (Phi) is 5.58. The van der Waals surface area contributed by atoms with Crippen LogP contribution in [0, 0.1) is 5.92 Å². The lowest BCUT2D eigenvalue weighted by Crippen LogP contribution is -2.40. The third kappa shape index (κ3) is 3.88. The summed E-state index contributed by atoms with van der Waals surface area (Å²) in [5.74, 6) is -1.000. The van der Waals surface area contributed by atoms with E-state index >= 15 is 0 Å². The first-order valence-electron chi connectivity index (χ1n) is 10.3. The molecule has 0 saturated carbocycles. The molecular formula is C24H27NO3. The number of rotatable bonds is 5. The van der Waals surface area contributed by atoms with Crippen molar-refractivity contribution in [2.45, 2.75) is 38.0 Å². The number of piperidine rings is 1. The molecule has 0 aromatic heterocycles. The summed E-state index contributed by atoms with van der Waals surface area (Å²) in [4.78, 5) is 26.8.